The van der Waals surface area contributed by atoms with Gasteiger partial charge in [-0.15, -0.1) is 10.2 Å². The molecule has 2 N–H and O–H groups in total. The van der Waals surface area contributed by atoms with Crippen molar-refractivity contribution in [2.45, 2.75) is 39.2 Å². The van der Waals surface area contributed by atoms with Crippen molar-refractivity contribution in [1.29, 1.82) is 0 Å². The quantitative estimate of drug-likeness (QED) is 0.888. The summed E-state index contributed by atoms with van der Waals surface area (Å²) in [7, 11) is 0. The first-order valence-electron chi connectivity index (χ1n) is 7.57. The molecule has 0 aliphatic carbocycles. The van der Waals surface area contributed by atoms with Crippen LogP contribution in [0.5, 0.6) is 0 Å². The Morgan fingerprint density at radius 3 is 2.55 bits per heavy atom. The predicted octanol–water partition coefficient (Wildman–Crippen LogP) is 2.03. The van der Waals surface area contributed by atoms with Gasteiger partial charge in [0.25, 0.3) is 0 Å². The summed E-state index contributed by atoms with van der Waals surface area (Å²) in [5, 5.41) is 19.9. The van der Waals surface area contributed by atoms with E-state index in [1.54, 1.807) is 26.8 Å². The van der Waals surface area contributed by atoms with E-state index in [4.69, 9.17) is 9.84 Å². The smallest absolute Gasteiger partial charge is 0.413 e. The minimum atomic E-state index is -0.547. The van der Waals surface area contributed by atoms with Crippen molar-refractivity contribution in [3.8, 4) is 0 Å². The van der Waals surface area contributed by atoms with E-state index in [0.717, 1.165) is 31.7 Å². The largest absolute Gasteiger partial charge is 0.444 e. The van der Waals surface area contributed by atoms with Crippen LogP contribution in [-0.2, 0) is 4.74 Å². The lowest BCUT2D eigenvalue weighted by atomic mass is 9.98. The summed E-state index contributed by atoms with van der Waals surface area (Å²) in [5.41, 5.74) is -0.547. The summed E-state index contributed by atoms with van der Waals surface area (Å²) >= 11 is 0. The fourth-order valence-corrected chi connectivity index (χ4v) is 2.31. The molecule has 0 bridgehead atoms. The molecule has 7 heteroatoms. The number of aliphatic hydroxyl groups excluding tert-OH is 1. The third-order valence-electron chi connectivity index (χ3n) is 3.48. The van der Waals surface area contributed by atoms with Crippen molar-refractivity contribution in [3.63, 3.8) is 0 Å². The standard InChI is InChI=1S/C15H24N4O3/c1-15(2,3)22-14(21)16-12-4-5-13(18-17-12)19-8-6-11(10-20)7-9-19/h4-5,11,20H,6-10H2,1-3H3,(H,16,17,21). The molecule has 0 aromatic carbocycles. The Labute approximate surface area is 130 Å². The Bertz CT molecular complexity index is 491. The first-order chi connectivity index (χ1) is 10.4. The second kappa shape index (κ2) is 6.91. The number of ether oxygens (including phenoxy) is 1. The number of amides is 1. The Balaban J connectivity index is 1.89. The van der Waals surface area contributed by atoms with E-state index in [9.17, 15) is 4.79 Å². The molecule has 0 saturated carbocycles. The predicted molar refractivity (Wildman–Crippen MR) is 83.9 cm³/mol. The molecular weight excluding hydrogens is 284 g/mol. The Morgan fingerprint density at radius 1 is 1.36 bits per heavy atom. The number of carbonyl (C=O) groups excluding carboxylic acids is 1. The third-order valence-corrected chi connectivity index (χ3v) is 3.48. The molecule has 2 heterocycles. The highest BCUT2D eigenvalue weighted by Gasteiger charge is 2.20. The number of aliphatic hydroxyl groups is 1. The van der Waals surface area contributed by atoms with Crippen molar-refractivity contribution in [2.75, 3.05) is 29.9 Å². The summed E-state index contributed by atoms with van der Waals surface area (Å²) in [6.45, 7) is 7.38. The van der Waals surface area contributed by atoms with Gasteiger partial charge in [0.1, 0.15) is 5.60 Å². The van der Waals surface area contributed by atoms with Gasteiger partial charge in [-0.2, -0.15) is 0 Å². The minimum absolute atomic E-state index is 0.248. The van der Waals surface area contributed by atoms with Crippen LogP contribution in [-0.4, -0.2) is 46.7 Å². The number of anilines is 2. The molecule has 122 valence electrons. The van der Waals surface area contributed by atoms with Gasteiger partial charge in [-0.05, 0) is 51.7 Å². The number of carbonyl (C=O) groups is 1. The molecule has 7 nitrogen and oxygen atoms in total. The molecule has 1 amide bonds. The summed E-state index contributed by atoms with van der Waals surface area (Å²) in [6, 6.07) is 3.54. The van der Waals surface area contributed by atoms with Gasteiger partial charge in [-0.25, -0.2) is 4.79 Å². The number of hydrogen-bond donors (Lipinski definition) is 2. The molecule has 0 unspecified atom stereocenters. The zero-order valence-electron chi connectivity index (χ0n) is 13.4. The SMILES string of the molecule is CC(C)(C)OC(=O)Nc1ccc(N2CCC(CO)CC2)nn1. The van der Waals surface area contributed by atoms with Gasteiger partial charge >= 0.3 is 6.09 Å². The lowest BCUT2D eigenvalue weighted by Gasteiger charge is -2.31. The van der Waals surface area contributed by atoms with Crippen LogP contribution in [0.25, 0.3) is 0 Å². The van der Waals surface area contributed by atoms with E-state index in [2.05, 4.69) is 20.4 Å². The van der Waals surface area contributed by atoms with Crippen molar-refractivity contribution < 1.29 is 14.6 Å². The van der Waals surface area contributed by atoms with Gasteiger partial charge < -0.3 is 14.7 Å². The molecule has 1 aromatic heterocycles. The first-order valence-corrected chi connectivity index (χ1v) is 7.57. The van der Waals surface area contributed by atoms with Crippen molar-refractivity contribution in [1.82, 2.24) is 10.2 Å². The Hall–Kier alpha value is -1.89. The molecule has 1 aliphatic rings. The van der Waals surface area contributed by atoms with E-state index in [1.807, 2.05) is 6.07 Å². The maximum absolute atomic E-state index is 11.6. The van der Waals surface area contributed by atoms with E-state index < -0.39 is 11.7 Å². The number of rotatable bonds is 3. The van der Waals surface area contributed by atoms with E-state index in [-0.39, 0.29) is 6.61 Å². The third kappa shape index (κ3) is 4.84. The van der Waals surface area contributed by atoms with E-state index in [1.165, 1.54) is 0 Å². The molecule has 1 aromatic rings. The monoisotopic (exact) mass is 308 g/mol. The van der Waals surface area contributed by atoms with Crippen molar-refractivity contribution >= 4 is 17.7 Å². The summed E-state index contributed by atoms with van der Waals surface area (Å²) in [6.07, 6.45) is 1.37. The molecule has 2 rings (SSSR count). The normalized spacial score (nSPS) is 16.5. The fraction of sp³-hybridized carbons (Fsp3) is 0.667. The van der Waals surface area contributed by atoms with Crippen LogP contribution < -0.4 is 10.2 Å². The second-order valence-corrected chi connectivity index (χ2v) is 6.52. The summed E-state index contributed by atoms with van der Waals surface area (Å²) in [4.78, 5) is 13.8. The van der Waals surface area contributed by atoms with Crippen LogP contribution in [0.1, 0.15) is 33.6 Å². The zero-order valence-corrected chi connectivity index (χ0v) is 13.4. The molecule has 0 atom stereocenters. The number of nitrogens with one attached hydrogen (secondary N) is 1. The molecule has 0 spiro atoms. The van der Waals surface area contributed by atoms with Crippen LogP contribution >= 0.6 is 0 Å². The van der Waals surface area contributed by atoms with E-state index in [0.29, 0.717) is 11.7 Å². The van der Waals surface area contributed by atoms with E-state index >= 15 is 0 Å². The lowest BCUT2D eigenvalue weighted by molar-refractivity contribution is 0.0635. The number of piperidine rings is 1. The number of aromatic nitrogens is 2. The van der Waals surface area contributed by atoms with Gasteiger partial charge in [0.15, 0.2) is 11.6 Å². The first kappa shape index (κ1) is 16.5. The summed E-state index contributed by atoms with van der Waals surface area (Å²) in [5.74, 6) is 1.53. The minimum Gasteiger partial charge on any atom is -0.444 e. The van der Waals surface area contributed by atoms with Gasteiger partial charge in [0.2, 0.25) is 0 Å². The molecular formula is C15H24N4O3. The van der Waals surface area contributed by atoms with Gasteiger partial charge in [-0.1, -0.05) is 0 Å². The molecule has 1 aliphatic heterocycles. The maximum atomic E-state index is 11.6. The highest BCUT2D eigenvalue weighted by molar-refractivity contribution is 5.83. The highest BCUT2D eigenvalue weighted by atomic mass is 16.6. The van der Waals surface area contributed by atoms with Crippen LogP contribution in [0.2, 0.25) is 0 Å². The topological polar surface area (TPSA) is 87.6 Å². The lowest BCUT2D eigenvalue weighted by Crippen LogP contribution is -2.35. The fourth-order valence-electron chi connectivity index (χ4n) is 2.31. The van der Waals surface area contributed by atoms with Crippen LogP contribution in [0.15, 0.2) is 12.1 Å². The molecule has 1 saturated heterocycles. The molecule has 22 heavy (non-hydrogen) atoms. The number of hydrogen-bond acceptors (Lipinski definition) is 6. The molecule has 1 fully saturated rings. The van der Waals surface area contributed by atoms with Gasteiger partial charge in [0.05, 0.1) is 0 Å². The molecule has 0 radical (unpaired) electrons. The van der Waals surface area contributed by atoms with Crippen LogP contribution in [0, 0.1) is 5.92 Å². The average molecular weight is 308 g/mol. The van der Waals surface area contributed by atoms with Gasteiger partial charge in [-0.3, -0.25) is 5.32 Å². The highest BCUT2D eigenvalue weighted by Crippen LogP contribution is 2.21. The second-order valence-electron chi connectivity index (χ2n) is 6.52. The maximum Gasteiger partial charge on any atom is 0.413 e. The van der Waals surface area contributed by atoms with Gasteiger partial charge in [0, 0.05) is 19.7 Å². The van der Waals surface area contributed by atoms with Crippen LogP contribution in [0.3, 0.4) is 0 Å². The summed E-state index contributed by atoms with van der Waals surface area (Å²) < 4.78 is 5.16. The van der Waals surface area contributed by atoms with Crippen molar-refractivity contribution in [2.24, 2.45) is 5.92 Å². The Kier molecular flexibility index (Phi) is 5.18. The zero-order chi connectivity index (χ0) is 16.2. The van der Waals surface area contributed by atoms with Crippen LogP contribution in [0.4, 0.5) is 16.4 Å². The van der Waals surface area contributed by atoms with Crippen molar-refractivity contribution in [3.05, 3.63) is 12.1 Å². The Morgan fingerprint density at radius 2 is 2.05 bits per heavy atom. The number of nitrogens with zero attached hydrogens (tertiary/aromatic N) is 3. The average Bonchev–Trinajstić information content (AvgIpc) is 2.46.